The molecule has 4 rings (SSSR count). The summed E-state index contributed by atoms with van der Waals surface area (Å²) in [4.78, 5) is 8.92. The van der Waals surface area contributed by atoms with Gasteiger partial charge in [0.2, 0.25) is 5.95 Å². The van der Waals surface area contributed by atoms with Gasteiger partial charge in [-0.1, -0.05) is 30.3 Å². The van der Waals surface area contributed by atoms with Gasteiger partial charge < -0.3 is 15.1 Å². The summed E-state index contributed by atoms with van der Waals surface area (Å²) in [7, 11) is 5.85. The highest BCUT2D eigenvalue weighted by atomic mass is 15.4. The van der Waals surface area contributed by atoms with Gasteiger partial charge in [-0.2, -0.15) is 14.8 Å². The van der Waals surface area contributed by atoms with Crippen LogP contribution in [0.4, 0.5) is 11.8 Å². The molecule has 1 aliphatic heterocycles. The molecule has 150 valence electrons. The van der Waals surface area contributed by atoms with E-state index in [0.29, 0.717) is 17.2 Å². The second-order valence-electron chi connectivity index (χ2n) is 8.20. The summed E-state index contributed by atoms with van der Waals surface area (Å²) in [5.41, 5.74) is 4.29. The Hall–Kier alpha value is -3.11. The van der Waals surface area contributed by atoms with Crippen molar-refractivity contribution in [3.05, 3.63) is 41.5 Å². The van der Waals surface area contributed by atoms with E-state index in [0.717, 1.165) is 42.0 Å². The van der Waals surface area contributed by atoms with E-state index in [4.69, 9.17) is 5.10 Å². The number of benzene rings is 1. The summed E-state index contributed by atoms with van der Waals surface area (Å²) >= 11 is 0. The number of nitrogens with one attached hydrogen (secondary N) is 1. The molecule has 1 aliphatic rings. The third kappa shape index (κ3) is 3.10. The molecule has 0 amide bonds. The first kappa shape index (κ1) is 19.2. The smallest absolute Gasteiger partial charge is 0.245 e. The van der Waals surface area contributed by atoms with E-state index in [1.807, 2.05) is 55.7 Å². The first-order valence-corrected chi connectivity index (χ1v) is 9.88. The second kappa shape index (κ2) is 7.05. The molecule has 1 atom stereocenters. The monoisotopic (exact) mass is 389 g/mol. The maximum atomic E-state index is 9.94. The lowest BCUT2D eigenvalue weighted by Crippen LogP contribution is -2.42. The first-order valence-electron chi connectivity index (χ1n) is 9.88. The Morgan fingerprint density at radius 3 is 2.55 bits per heavy atom. The van der Waals surface area contributed by atoms with Gasteiger partial charge in [-0.3, -0.25) is 0 Å². The van der Waals surface area contributed by atoms with E-state index in [-0.39, 0.29) is 5.54 Å². The van der Waals surface area contributed by atoms with Crippen LogP contribution >= 0.6 is 0 Å². The Bertz CT molecular complexity index is 1090. The number of nitrogens with zero attached hydrogens (tertiary/aromatic N) is 6. The molecule has 7 nitrogen and oxygen atoms in total. The van der Waals surface area contributed by atoms with Crippen molar-refractivity contribution in [2.24, 2.45) is 0 Å². The van der Waals surface area contributed by atoms with Crippen molar-refractivity contribution in [3.8, 4) is 17.2 Å². The van der Waals surface area contributed by atoms with E-state index < -0.39 is 0 Å². The van der Waals surface area contributed by atoms with Crippen molar-refractivity contribution in [1.29, 1.82) is 5.26 Å². The SMILES string of the molecule is CN[C@@]1(C)CCN(c2c(-c3ccccc3)c(C)c(C#N)c3nc(N(C)C)nn23)C1. The number of hydrogen-bond acceptors (Lipinski definition) is 6. The van der Waals surface area contributed by atoms with Crippen LogP contribution in [-0.4, -0.2) is 54.4 Å². The molecule has 0 radical (unpaired) electrons. The average molecular weight is 390 g/mol. The van der Waals surface area contributed by atoms with Crippen LogP contribution in [0.5, 0.6) is 0 Å². The normalized spacial score (nSPS) is 19.0. The molecule has 3 aromatic rings. The van der Waals surface area contributed by atoms with Gasteiger partial charge >= 0.3 is 0 Å². The Morgan fingerprint density at radius 2 is 1.97 bits per heavy atom. The molecule has 1 N–H and O–H groups in total. The molecule has 7 heteroatoms. The molecule has 1 aromatic carbocycles. The molecule has 0 aliphatic carbocycles. The van der Waals surface area contributed by atoms with Crippen molar-refractivity contribution >= 4 is 17.4 Å². The summed E-state index contributed by atoms with van der Waals surface area (Å²) in [6.07, 6.45) is 1.04. The Kier molecular flexibility index (Phi) is 4.67. The van der Waals surface area contributed by atoms with Gasteiger partial charge in [-0.25, -0.2) is 0 Å². The highest BCUT2D eigenvalue weighted by molar-refractivity contribution is 5.85. The molecule has 1 saturated heterocycles. The zero-order valence-corrected chi connectivity index (χ0v) is 17.7. The van der Waals surface area contributed by atoms with Crippen molar-refractivity contribution in [2.45, 2.75) is 25.8 Å². The van der Waals surface area contributed by atoms with Gasteiger partial charge in [0, 0.05) is 38.3 Å². The lowest BCUT2D eigenvalue weighted by molar-refractivity contribution is 0.428. The van der Waals surface area contributed by atoms with Crippen LogP contribution in [0.25, 0.3) is 16.8 Å². The molecule has 0 spiro atoms. The summed E-state index contributed by atoms with van der Waals surface area (Å²) in [6, 6.07) is 12.6. The quantitative estimate of drug-likeness (QED) is 0.740. The van der Waals surface area contributed by atoms with Gasteiger partial charge in [-0.15, -0.1) is 5.10 Å². The minimum Gasteiger partial charge on any atom is -0.354 e. The van der Waals surface area contributed by atoms with E-state index in [2.05, 4.69) is 40.3 Å². The van der Waals surface area contributed by atoms with Gasteiger partial charge in [0.25, 0.3) is 0 Å². The van der Waals surface area contributed by atoms with Crippen molar-refractivity contribution in [1.82, 2.24) is 19.9 Å². The second-order valence-corrected chi connectivity index (χ2v) is 8.20. The Balaban J connectivity index is 2.07. The van der Waals surface area contributed by atoms with Crippen molar-refractivity contribution in [2.75, 3.05) is 44.0 Å². The summed E-state index contributed by atoms with van der Waals surface area (Å²) in [5, 5.41) is 18.2. The number of likely N-dealkylation sites (N-methyl/N-ethyl adjacent to an activating group) is 1. The molecular weight excluding hydrogens is 362 g/mol. The van der Waals surface area contributed by atoms with Crippen LogP contribution in [0.3, 0.4) is 0 Å². The summed E-state index contributed by atoms with van der Waals surface area (Å²) in [6.45, 7) is 6.03. The number of rotatable bonds is 4. The third-order valence-electron chi connectivity index (χ3n) is 5.94. The van der Waals surface area contributed by atoms with E-state index in [1.165, 1.54) is 0 Å². The zero-order chi connectivity index (χ0) is 20.8. The Labute approximate surface area is 171 Å². The van der Waals surface area contributed by atoms with Crippen LogP contribution in [0.1, 0.15) is 24.5 Å². The largest absolute Gasteiger partial charge is 0.354 e. The minimum atomic E-state index is 0.0348. The number of pyridine rings is 1. The summed E-state index contributed by atoms with van der Waals surface area (Å²) < 4.78 is 1.87. The fraction of sp³-hybridized carbons (Fsp3) is 0.409. The van der Waals surface area contributed by atoms with Gasteiger partial charge in [0.15, 0.2) is 5.65 Å². The van der Waals surface area contributed by atoms with E-state index in [1.54, 1.807) is 0 Å². The molecule has 0 unspecified atom stereocenters. The fourth-order valence-corrected chi connectivity index (χ4v) is 4.09. The van der Waals surface area contributed by atoms with Crippen LogP contribution in [0.15, 0.2) is 30.3 Å². The van der Waals surface area contributed by atoms with Crippen molar-refractivity contribution < 1.29 is 0 Å². The van der Waals surface area contributed by atoms with Gasteiger partial charge in [0.05, 0.1) is 0 Å². The molecule has 3 heterocycles. The van der Waals surface area contributed by atoms with E-state index >= 15 is 0 Å². The highest BCUT2D eigenvalue weighted by Gasteiger charge is 2.36. The molecule has 1 fully saturated rings. The lowest BCUT2D eigenvalue weighted by Gasteiger charge is -2.27. The number of nitriles is 1. The third-order valence-corrected chi connectivity index (χ3v) is 5.94. The number of aromatic nitrogens is 3. The lowest BCUT2D eigenvalue weighted by atomic mass is 9.97. The number of hydrogen-bond donors (Lipinski definition) is 1. The average Bonchev–Trinajstić information content (AvgIpc) is 3.33. The van der Waals surface area contributed by atoms with Crippen LogP contribution in [-0.2, 0) is 0 Å². The maximum absolute atomic E-state index is 9.94. The standard InChI is InChI=1S/C22H27N7/c1-15-17(13-23)19-25-21(27(4)5)26-29(19)20(18(15)16-9-7-6-8-10-16)28-12-11-22(2,14-28)24-3/h6-10,24H,11-12,14H2,1-5H3/t22-/m0/s1. The molecular formula is C22H27N7. The molecule has 29 heavy (non-hydrogen) atoms. The molecule has 0 saturated carbocycles. The van der Waals surface area contributed by atoms with Gasteiger partial charge in [0.1, 0.15) is 17.5 Å². The van der Waals surface area contributed by atoms with Crippen molar-refractivity contribution in [3.63, 3.8) is 0 Å². The predicted molar refractivity (Wildman–Crippen MR) is 116 cm³/mol. The predicted octanol–water partition coefficient (Wildman–Crippen LogP) is 2.83. The molecule has 2 aromatic heterocycles. The minimum absolute atomic E-state index is 0.0348. The van der Waals surface area contributed by atoms with Crippen LogP contribution in [0.2, 0.25) is 0 Å². The highest BCUT2D eigenvalue weighted by Crippen LogP contribution is 2.39. The topological polar surface area (TPSA) is 72.5 Å². The van der Waals surface area contributed by atoms with E-state index in [9.17, 15) is 5.26 Å². The molecule has 0 bridgehead atoms. The summed E-state index contributed by atoms with van der Waals surface area (Å²) in [5.74, 6) is 1.60. The number of anilines is 2. The maximum Gasteiger partial charge on any atom is 0.245 e. The zero-order valence-electron chi connectivity index (χ0n) is 17.7. The van der Waals surface area contributed by atoms with Crippen LogP contribution < -0.4 is 15.1 Å². The Morgan fingerprint density at radius 1 is 1.24 bits per heavy atom. The fourth-order valence-electron chi connectivity index (χ4n) is 4.09. The van der Waals surface area contributed by atoms with Crippen LogP contribution in [0, 0.1) is 18.3 Å². The number of fused-ring (bicyclic) bond motifs is 1. The first-order chi connectivity index (χ1) is 13.9. The van der Waals surface area contributed by atoms with Gasteiger partial charge in [-0.05, 0) is 38.4 Å².